The summed E-state index contributed by atoms with van der Waals surface area (Å²) in [4.78, 5) is 24.0. The Labute approximate surface area is 149 Å². The van der Waals surface area contributed by atoms with Crippen molar-refractivity contribution in [1.29, 1.82) is 0 Å². The molecule has 0 saturated heterocycles. The Morgan fingerprint density at radius 2 is 2.00 bits per heavy atom. The van der Waals surface area contributed by atoms with Gasteiger partial charge < -0.3 is 14.8 Å². The molecule has 3 aliphatic carbocycles. The third-order valence-corrected chi connectivity index (χ3v) is 6.26. The molecule has 0 radical (unpaired) electrons. The molecule has 3 saturated carbocycles. The summed E-state index contributed by atoms with van der Waals surface area (Å²) in [5.74, 6) is 0.311. The zero-order valence-electron chi connectivity index (χ0n) is 14.3. The molecule has 0 atom stereocenters. The average molecular weight is 356 g/mol. The van der Waals surface area contributed by atoms with Gasteiger partial charge >= 0.3 is 5.97 Å². The molecule has 26 heavy (non-hydrogen) atoms. The fourth-order valence-corrected chi connectivity index (χ4v) is 4.51. The molecule has 0 aliphatic heterocycles. The molecular formula is C18H20N4O4. The van der Waals surface area contributed by atoms with Gasteiger partial charge in [0.15, 0.2) is 17.1 Å². The maximum absolute atomic E-state index is 12.6. The zero-order chi connectivity index (χ0) is 17.9. The molecule has 0 unspecified atom stereocenters. The summed E-state index contributed by atoms with van der Waals surface area (Å²) in [6.07, 6.45) is 8.19. The number of nitrogens with zero attached hydrogens (tertiary/aromatic N) is 3. The molecule has 1 amide bonds. The molecule has 2 aromatic heterocycles. The van der Waals surface area contributed by atoms with Crippen LogP contribution in [-0.4, -0.2) is 37.5 Å². The van der Waals surface area contributed by atoms with Crippen molar-refractivity contribution in [2.75, 3.05) is 0 Å². The minimum absolute atomic E-state index is 0.0579. The fraction of sp³-hybridized carbons (Fsp3) is 0.556. The van der Waals surface area contributed by atoms with Crippen molar-refractivity contribution in [1.82, 2.24) is 20.3 Å². The predicted molar refractivity (Wildman–Crippen MR) is 89.3 cm³/mol. The van der Waals surface area contributed by atoms with E-state index < -0.39 is 11.5 Å². The number of carbonyl (C=O) groups is 2. The number of hydrogen-bond donors (Lipinski definition) is 2. The number of fused-ring (bicyclic) bond motifs is 2. The van der Waals surface area contributed by atoms with Gasteiger partial charge in [0, 0.05) is 5.54 Å². The van der Waals surface area contributed by atoms with Gasteiger partial charge in [0.25, 0.3) is 5.91 Å². The van der Waals surface area contributed by atoms with Gasteiger partial charge in [0.1, 0.15) is 5.69 Å². The van der Waals surface area contributed by atoms with Crippen LogP contribution in [-0.2, 0) is 10.3 Å². The van der Waals surface area contributed by atoms with E-state index in [0.717, 1.165) is 25.2 Å². The first-order valence-electron chi connectivity index (χ1n) is 9.09. The summed E-state index contributed by atoms with van der Waals surface area (Å²) < 4.78 is 7.05. The first-order valence-corrected chi connectivity index (χ1v) is 9.09. The molecule has 3 fully saturated rings. The van der Waals surface area contributed by atoms with Crippen molar-refractivity contribution in [3.8, 4) is 11.5 Å². The molecule has 2 N–H and O–H groups in total. The Balaban J connectivity index is 1.33. The summed E-state index contributed by atoms with van der Waals surface area (Å²) in [6, 6.07) is 3.30. The minimum atomic E-state index is -0.974. The summed E-state index contributed by atoms with van der Waals surface area (Å²) in [6.45, 7) is 0. The molecule has 3 aliphatic rings. The van der Waals surface area contributed by atoms with Gasteiger partial charge in [0.05, 0.1) is 6.20 Å². The normalized spacial score (nSPS) is 28.2. The number of furan rings is 1. The van der Waals surface area contributed by atoms with Crippen LogP contribution in [0.1, 0.15) is 55.5 Å². The lowest BCUT2D eigenvalue weighted by molar-refractivity contribution is -0.142. The molecule has 0 aromatic carbocycles. The molecule has 2 bridgehead atoms. The molecule has 136 valence electrons. The number of carboxylic acid groups (broad SMARTS) is 1. The number of aromatic nitrogens is 3. The second-order valence-corrected chi connectivity index (χ2v) is 7.93. The van der Waals surface area contributed by atoms with E-state index in [0.29, 0.717) is 24.3 Å². The van der Waals surface area contributed by atoms with Gasteiger partial charge in [-0.2, -0.15) is 0 Å². The van der Waals surface area contributed by atoms with Crippen LogP contribution in [0.25, 0.3) is 11.5 Å². The topological polar surface area (TPSA) is 110 Å². The standard InChI is InChI=1S/C18H20N4O4/c23-15(19-17-5-3-11(9-17)4-6-17)14-2-1-13(26-14)12-10-22(21-20-12)18(7-8-18)16(24)25/h1-2,10-11H,3-9H2,(H,19,23)(H,24,25). The van der Waals surface area contributed by atoms with E-state index in [1.54, 1.807) is 18.3 Å². The van der Waals surface area contributed by atoms with Gasteiger partial charge in [-0.3, -0.25) is 4.79 Å². The summed E-state index contributed by atoms with van der Waals surface area (Å²) >= 11 is 0. The first-order chi connectivity index (χ1) is 12.5. The Morgan fingerprint density at radius 3 is 2.62 bits per heavy atom. The zero-order valence-corrected chi connectivity index (χ0v) is 14.3. The smallest absolute Gasteiger partial charge is 0.331 e. The summed E-state index contributed by atoms with van der Waals surface area (Å²) in [5, 5.41) is 20.5. The molecule has 5 rings (SSSR count). The predicted octanol–water partition coefficient (Wildman–Crippen LogP) is 2.17. The molecular weight excluding hydrogens is 336 g/mol. The van der Waals surface area contributed by atoms with E-state index in [9.17, 15) is 14.7 Å². The Hall–Kier alpha value is -2.64. The van der Waals surface area contributed by atoms with Crippen LogP contribution in [0, 0.1) is 5.92 Å². The quantitative estimate of drug-likeness (QED) is 0.849. The molecule has 2 aromatic rings. The van der Waals surface area contributed by atoms with Crippen LogP contribution < -0.4 is 5.32 Å². The maximum atomic E-state index is 12.6. The lowest BCUT2D eigenvalue weighted by Crippen LogP contribution is -2.44. The molecule has 2 heterocycles. The third-order valence-electron chi connectivity index (χ3n) is 6.26. The van der Waals surface area contributed by atoms with E-state index in [-0.39, 0.29) is 17.2 Å². The van der Waals surface area contributed by atoms with E-state index in [1.165, 1.54) is 17.5 Å². The summed E-state index contributed by atoms with van der Waals surface area (Å²) in [5.41, 5.74) is -0.604. The van der Waals surface area contributed by atoms with Crippen LogP contribution in [0.5, 0.6) is 0 Å². The number of carbonyl (C=O) groups excluding carboxylic acids is 1. The van der Waals surface area contributed by atoms with Crippen molar-refractivity contribution in [3.63, 3.8) is 0 Å². The van der Waals surface area contributed by atoms with Crippen LogP contribution in [0.2, 0.25) is 0 Å². The second kappa shape index (κ2) is 5.18. The highest BCUT2D eigenvalue weighted by atomic mass is 16.4. The van der Waals surface area contributed by atoms with E-state index in [2.05, 4.69) is 15.6 Å². The van der Waals surface area contributed by atoms with Crippen LogP contribution >= 0.6 is 0 Å². The number of carboxylic acids is 1. The SMILES string of the molecule is O=C(NC12CCC(CC1)C2)c1ccc(-c2cn(C3(C(=O)O)CC3)nn2)o1. The van der Waals surface area contributed by atoms with Crippen LogP contribution in [0.4, 0.5) is 0 Å². The number of amides is 1. The van der Waals surface area contributed by atoms with E-state index >= 15 is 0 Å². The van der Waals surface area contributed by atoms with E-state index in [4.69, 9.17) is 4.42 Å². The highest BCUT2D eigenvalue weighted by Gasteiger charge is 2.53. The van der Waals surface area contributed by atoms with Crippen molar-refractivity contribution >= 4 is 11.9 Å². The first kappa shape index (κ1) is 15.6. The van der Waals surface area contributed by atoms with E-state index in [1.807, 2.05) is 0 Å². The van der Waals surface area contributed by atoms with Gasteiger partial charge in [-0.25, -0.2) is 9.48 Å². The highest BCUT2D eigenvalue weighted by molar-refractivity contribution is 5.92. The van der Waals surface area contributed by atoms with Gasteiger partial charge in [-0.05, 0) is 63.0 Å². The average Bonchev–Trinajstić information content (AvgIpc) is 3.08. The van der Waals surface area contributed by atoms with Crippen LogP contribution in [0.15, 0.2) is 22.7 Å². The number of nitrogens with one attached hydrogen (secondary N) is 1. The number of hydrogen-bond acceptors (Lipinski definition) is 5. The van der Waals surface area contributed by atoms with Crippen molar-refractivity contribution < 1.29 is 19.1 Å². The largest absolute Gasteiger partial charge is 0.479 e. The number of aliphatic carboxylic acids is 1. The van der Waals surface area contributed by atoms with Crippen LogP contribution in [0.3, 0.4) is 0 Å². The number of rotatable bonds is 5. The second-order valence-electron chi connectivity index (χ2n) is 7.93. The van der Waals surface area contributed by atoms with Gasteiger partial charge in [-0.1, -0.05) is 5.21 Å². The Bertz CT molecular complexity index is 887. The lowest BCUT2D eigenvalue weighted by atomic mass is 9.93. The third kappa shape index (κ3) is 2.28. The van der Waals surface area contributed by atoms with Gasteiger partial charge in [-0.15, -0.1) is 5.10 Å². The maximum Gasteiger partial charge on any atom is 0.331 e. The van der Waals surface area contributed by atoms with Crippen molar-refractivity contribution in [3.05, 3.63) is 24.1 Å². The molecule has 8 nitrogen and oxygen atoms in total. The Kier molecular flexibility index (Phi) is 3.11. The highest BCUT2D eigenvalue weighted by Crippen LogP contribution is 2.47. The Morgan fingerprint density at radius 1 is 1.23 bits per heavy atom. The monoisotopic (exact) mass is 356 g/mol. The van der Waals surface area contributed by atoms with Gasteiger partial charge in [0.2, 0.25) is 0 Å². The minimum Gasteiger partial charge on any atom is -0.479 e. The summed E-state index contributed by atoms with van der Waals surface area (Å²) in [7, 11) is 0. The van der Waals surface area contributed by atoms with Crippen molar-refractivity contribution in [2.24, 2.45) is 5.92 Å². The van der Waals surface area contributed by atoms with Crippen molar-refractivity contribution in [2.45, 2.75) is 56.0 Å². The fourth-order valence-electron chi connectivity index (χ4n) is 4.51. The lowest BCUT2D eigenvalue weighted by Gasteiger charge is -2.27. The molecule has 8 heteroatoms. The molecule has 0 spiro atoms.